The van der Waals surface area contributed by atoms with Crippen molar-refractivity contribution in [3.05, 3.63) is 72.4 Å². The van der Waals surface area contributed by atoms with Crippen molar-refractivity contribution in [1.29, 1.82) is 5.26 Å². The van der Waals surface area contributed by atoms with Crippen molar-refractivity contribution in [2.24, 2.45) is 0 Å². The van der Waals surface area contributed by atoms with Crippen LogP contribution in [0.2, 0.25) is 0 Å². The Balaban J connectivity index is 1.85. The van der Waals surface area contributed by atoms with E-state index in [-0.39, 0.29) is 0 Å². The number of hydrogen-bond acceptors (Lipinski definition) is 4. The normalized spacial score (nSPS) is 9.86. The molecule has 0 amide bonds. The van der Waals surface area contributed by atoms with Crippen LogP contribution < -0.4 is 5.32 Å². The fourth-order valence-electron chi connectivity index (χ4n) is 1.95. The molecule has 0 aliphatic rings. The molecule has 0 unspecified atom stereocenters. The number of hydrogen-bond donors (Lipinski definition) is 1. The standard InChI is InChI=1S/C17H12N4/c18-12-13-6-8-15(9-7-13)20-17-19-11-10-16(21-17)14-4-2-1-3-5-14/h1-11H,(H,19,20,21). The highest BCUT2D eigenvalue weighted by Gasteiger charge is 2.02. The van der Waals surface area contributed by atoms with Gasteiger partial charge in [-0.1, -0.05) is 30.3 Å². The molecule has 1 N–H and O–H groups in total. The number of nitrogens with one attached hydrogen (secondary N) is 1. The lowest BCUT2D eigenvalue weighted by Gasteiger charge is -2.06. The van der Waals surface area contributed by atoms with E-state index >= 15 is 0 Å². The molecule has 4 nitrogen and oxygen atoms in total. The van der Waals surface area contributed by atoms with Gasteiger partial charge in [-0.15, -0.1) is 0 Å². The summed E-state index contributed by atoms with van der Waals surface area (Å²) < 4.78 is 0. The highest BCUT2D eigenvalue weighted by molar-refractivity contribution is 5.62. The molecule has 0 bridgehead atoms. The van der Waals surface area contributed by atoms with Crippen LogP contribution in [0.25, 0.3) is 11.3 Å². The predicted octanol–water partition coefficient (Wildman–Crippen LogP) is 3.76. The second-order valence-electron chi connectivity index (χ2n) is 4.45. The molecule has 0 aliphatic heterocycles. The summed E-state index contributed by atoms with van der Waals surface area (Å²) in [6.07, 6.45) is 1.72. The second kappa shape index (κ2) is 5.85. The molecule has 0 saturated carbocycles. The smallest absolute Gasteiger partial charge is 0.227 e. The van der Waals surface area contributed by atoms with Gasteiger partial charge in [0.05, 0.1) is 17.3 Å². The van der Waals surface area contributed by atoms with E-state index in [1.807, 2.05) is 48.5 Å². The lowest BCUT2D eigenvalue weighted by Crippen LogP contribution is -1.97. The highest BCUT2D eigenvalue weighted by Crippen LogP contribution is 2.19. The first-order chi connectivity index (χ1) is 10.3. The van der Waals surface area contributed by atoms with Gasteiger partial charge in [-0.25, -0.2) is 9.97 Å². The molecule has 3 rings (SSSR count). The van der Waals surface area contributed by atoms with E-state index in [9.17, 15) is 0 Å². The van der Waals surface area contributed by atoms with Gasteiger partial charge in [-0.3, -0.25) is 0 Å². The van der Waals surface area contributed by atoms with Crippen molar-refractivity contribution in [1.82, 2.24) is 9.97 Å². The molecule has 1 aromatic heterocycles. The predicted molar refractivity (Wildman–Crippen MR) is 81.9 cm³/mol. The maximum atomic E-state index is 8.79. The topological polar surface area (TPSA) is 61.6 Å². The second-order valence-corrected chi connectivity index (χ2v) is 4.45. The van der Waals surface area contributed by atoms with Crippen molar-refractivity contribution < 1.29 is 0 Å². The maximum absolute atomic E-state index is 8.79. The molecule has 0 aliphatic carbocycles. The average Bonchev–Trinajstić information content (AvgIpc) is 2.57. The van der Waals surface area contributed by atoms with Crippen molar-refractivity contribution in [2.75, 3.05) is 5.32 Å². The van der Waals surface area contributed by atoms with E-state index in [1.54, 1.807) is 18.3 Å². The zero-order chi connectivity index (χ0) is 14.5. The van der Waals surface area contributed by atoms with E-state index in [2.05, 4.69) is 21.4 Å². The number of anilines is 2. The zero-order valence-electron chi connectivity index (χ0n) is 11.2. The van der Waals surface area contributed by atoms with E-state index in [1.165, 1.54) is 0 Å². The quantitative estimate of drug-likeness (QED) is 0.788. The molecular formula is C17H12N4. The van der Waals surface area contributed by atoms with E-state index in [0.29, 0.717) is 11.5 Å². The fraction of sp³-hybridized carbons (Fsp3) is 0. The van der Waals surface area contributed by atoms with Crippen LogP contribution in [0, 0.1) is 11.3 Å². The molecule has 0 radical (unpaired) electrons. The van der Waals surface area contributed by atoms with Gasteiger partial charge in [0, 0.05) is 17.4 Å². The van der Waals surface area contributed by atoms with Gasteiger partial charge in [0.2, 0.25) is 5.95 Å². The lowest BCUT2D eigenvalue weighted by molar-refractivity contribution is 1.17. The van der Waals surface area contributed by atoms with E-state index in [4.69, 9.17) is 5.26 Å². The van der Waals surface area contributed by atoms with Crippen LogP contribution >= 0.6 is 0 Å². The summed E-state index contributed by atoms with van der Waals surface area (Å²) in [7, 11) is 0. The van der Waals surface area contributed by atoms with Crippen molar-refractivity contribution in [2.45, 2.75) is 0 Å². The fourth-order valence-corrected chi connectivity index (χ4v) is 1.95. The Morgan fingerprint density at radius 2 is 1.67 bits per heavy atom. The molecule has 2 aromatic carbocycles. The lowest BCUT2D eigenvalue weighted by atomic mass is 10.1. The molecule has 0 atom stereocenters. The Bertz CT molecular complexity index is 774. The van der Waals surface area contributed by atoms with Crippen LogP contribution in [0.15, 0.2) is 66.9 Å². The molecule has 0 saturated heterocycles. The minimum absolute atomic E-state index is 0.529. The van der Waals surface area contributed by atoms with Crippen LogP contribution in [-0.2, 0) is 0 Å². The third-order valence-corrected chi connectivity index (χ3v) is 3.00. The summed E-state index contributed by atoms with van der Waals surface area (Å²) >= 11 is 0. The Morgan fingerprint density at radius 1 is 0.905 bits per heavy atom. The van der Waals surface area contributed by atoms with Crippen LogP contribution in [0.1, 0.15) is 5.56 Å². The number of rotatable bonds is 3. The van der Waals surface area contributed by atoms with Gasteiger partial charge in [0.25, 0.3) is 0 Å². The summed E-state index contributed by atoms with van der Waals surface area (Å²) in [4.78, 5) is 8.71. The number of benzene rings is 2. The molecule has 4 heteroatoms. The van der Waals surface area contributed by atoms with Gasteiger partial charge < -0.3 is 5.32 Å². The van der Waals surface area contributed by atoms with Crippen LogP contribution in [0.4, 0.5) is 11.6 Å². The summed E-state index contributed by atoms with van der Waals surface area (Å²) in [5, 5.41) is 11.9. The number of nitriles is 1. The van der Waals surface area contributed by atoms with Gasteiger partial charge in [0.1, 0.15) is 0 Å². The number of aromatic nitrogens is 2. The van der Waals surface area contributed by atoms with Crippen molar-refractivity contribution in [3.63, 3.8) is 0 Å². The van der Waals surface area contributed by atoms with Gasteiger partial charge in [-0.05, 0) is 30.3 Å². The molecular weight excluding hydrogens is 260 g/mol. The number of nitrogens with zero attached hydrogens (tertiary/aromatic N) is 3. The summed E-state index contributed by atoms with van der Waals surface area (Å²) in [5.74, 6) is 0.529. The monoisotopic (exact) mass is 272 g/mol. The average molecular weight is 272 g/mol. The first kappa shape index (κ1) is 12.8. The highest BCUT2D eigenvalue weighted by atomic mass is 15.1. The first-order valence-electron chi connectivity index (χ1n) is 6.51. The van der Waals surface area contributed by atoms with Crippen LogP contribution in [0.5, 0.6) is 0 Å². The van der Waals surface area contributed by atoms with Gasteiger partial charge in [0.15, 0.2) is 0 Å². The van der Waals surface area contributed by atoms with E-state index in [0.717, 1.165) is 16.9 Å². The molecule has 21 heavy (non-hydrogen) atoms. The summed E-state index contributed by atoms with van der Waals surface area (Å²) in [6, 6.07) is 21.1. The third kappa shape index (κ3) is 3.04. The molecule has 100 valence electrons. The summed E-state index contributed by atoms with van der Waals surface area (Å²) in [5.41, 5.74) is 3.38. The largest absolute Gasteiger partial charge is 0.324 e. The van der Waals surface area contributed by atoms with Gasteiger partial charge in [-0.2, -0.15) is 5.26 Å². The van der Waals surface area contributed by atoms with Crippen LogP contribution in [-0.4, -0.2) is 9.97 Å². The zero-order valence-corrected chi connectivity index (χ0v) is 11.2. The summed E-state index contributed by atoms with van der Waals surface area (Å²) in [6.45, 7) is 0. The van der Waals surface area contributed by atoms with E-state index < -0.39 is 0 Å². The molecule has 0 fully saturated rings. The Morgan fingerprint density at radius 3 is 2.38 bits per heavy atom. The minimum Gasteiger partial charge on any atom is -0.324 e. The Hall–Kier alpha value is -3.19. The maximum Gasteiger partial charge on any atom is 0.227 e. The Labute approximate surface area is 122 Å². The molecule has 1 heterocycles. The van der Waals surface area contributed by atoms with Crippen LogP contribution in [0.3, 0.4) is 0 Å². The van der Waals surface area contributed by atoms with Gasteiger partial charge >= 0.3 is 0 Å². The minimum atomic E-state index is 0.529. The van der Waals surface area contributed by atoms with Crippen molar-refractivity contribution in [3.8, 4) is 17.3 Å². The van der Waals surface area contributed by atoms with Crippen molar-refractivity contribution >= 4 is 11.6 Å². The molecule has 0 spiro atoms. The SMILES string of the molecule is N#Cc1ccc(Nc2nccc(-c3ccccc3)n2)cc1. The first-order valence-corrected chi connectivity index (χ1v) is 6.51. The molecule has 3 aromatic rings. The third-order valence-electron chi connectivity index (χ3n) is 3.00. The Kier molecular flexibility index (Phi) is 3.57.